The fourth-order valence-corrected chi connectivity index (χ4v) is 6.65. The monoisotopic (exact) mass is 683 g/mol. The van der Waals surface area contributed by atoms with Crippen molar-refractivity contribution in [1.29, 1.82) is 0 Å². The second kappa shape index (κ2) is 15.6. The highest BCUT2D eigenvalue weighted by atomic mass is 32.2. The lowest BCUT2D eigenvalue weighted by Gasteiger charge is -2.25. The fraction of sp³-hybridized carbons (Fsp3) is 0.485. The SMILES string of the molecule is CC[C@H](C)[C@@H]1NC(=O)CCCN(C(=O)c2cc(C)c(C)c(S(N)(=O)=O)c2)CCCNC(=O)c2ccc3[nH]c(=O)n(c3c2)CCCNC1=O. The molecule has 15 heteroatoms. The summed E-state index contributed by atoms with van der Waals surface area (Å²) in [6.07, 6.45) is 1.77. The number of H-pyrrole nitrogens is 1. The Morgan fingerprint density at radius 1 is 0.979 bits per heavy atom. The van der Waals surface area contributed by atoms with E-state index in [-0.39, 0.29) is 78.8 Å². The number of carbonyl (C=O) groups is 4. The Balaban J connectivity index is 1.61. The van der Waals surface area contributed by atoms with Crippen molar-refractivity contribution in [2.45, 2.75) is 77.3 Å². The predicted octanol–water partition coefficient (Wildman–Crippen LogP) is 1.69. The van der Waals surface area contributed by atoms with Crippen molar-refractivity contribution in [3.05, 3.63) is 63.1 Å². The zero-order valence-electron chi connectivity index (χ0n) is 27.9. The van der Waals surface area contributed by atoms with E-state index in [2.05, 4.69) is 20.9 Å². The molecule has 2 bridgehead atoms. The number of aryl methyl sites for hydroxylation is 2. The first kappa shape index (κ1) is 36.3. The van der Waals surface area contributed by atoms with E-state index in [1.807, 2.05) is 13.8 Å². The Bertz CT molecular complexity index is 1870. The molecule has 260 valence electrons. The van der Waals surface area contributed by atoms with Crippen LogP contribution in [0.2, 0.25) is 0 Å². The van der Waals surface area contributed by atoms with Gasteiger partial charge < -0.3 is 25.8 Å². The third-order valence-corrected chi connectivity index (χ3v) is 9.93. The number of hydrogen-bond acceptors (Lipinski definition) is 7. The molecule has 0 aliphatic carbocycles. The molecule has 48 heavy (non-hydrogen) atoms. The van der Waals surface area contributed by atoms with Gasteiger partial charge in [-0.3, -0.25) is 23.7 Å². The molecule has 2 aromatic carbocycles. The van der Waals surface area contributed by atoms with Crippen LogP contribution in [-0.4, -0.2) is 78.7 Å². The average Bonchev–Trinajstić information content (AvgIpc) is 3.35. The first-order valence-corrected chi connectivity index (χ1v) is 17.8. The number of hydrogen-bond donors (Lipinski definition) is 5. The molecule has 0 radical (unpaired) electrons. The van der Waals surface area contributed by atoms with Crippen molar-refractivity contribution in [3.63, 3.8) is 0 Å². The minimum atomic E-state index is -4.09. The van der Waals surface area contributed by atoms with Crippen molar-refractivity contribution in [2.24, 2.45) is 11.1 Å². The average molecular weight is 684 g/mol. The van der Waals surface area contributed by atoms with Gasteiger partial charge in [-0.1, -0.05) is 20.3 Å². The third-order valence-electron chi connectivity index (χ3n) is 8.89. The van der Waals surface area contributed by atoms with Crippen molar-refractivity contribution >= 4 is 44.7 Å². The molecule has 2 heterocycles. The number of rotatable bonds is 4. The van der Waals surface area contributed by atoms with Crippen LogP contribution in [-0.2, 0) is 26.2 Å². The molecule has 14 nitrogen and oxygen atoms in total. The van der Waals surface area contributed by atoms with Crippen LogP contribution in [0, 0.1) is 19.8 Å². The van der Waals surface area contributed by atoms with Gasteiger partial charge in [-0.25, -0.2) is 18.4 Å². The topological polar surface area (TPSA) is 206 Å². The van der Waals surface area contributed by atoms with E-state index in [0.717, 1.165) is 0 Å². The van der Waals surface area contributed by atoms with Gasteiger partial charge in [-0.2, -0.15) is 0 Å². The Morgan fingerprint density at radius 3 is 2.38 bits per heavy atom. The summed E-state index contributed by atoms with van der Waals surface area (Å²) in [5.74, 6) is -1.62. The molecule has 6 N–H and O–H groups in total. The predicted molar refractivity (Wildman–Crippen MR) is 181 cm³/mol. The maximum Gasteiger partial charge on any atom is 0.326 e. The summed E-state index contributed by atoms with van der Waals surface area (Å²) >= 11 is 0. The molecule has 0 spiro atoms. The highest BCUT2D eigenvalue weighted by Gasteiger charge is 2.26. The number of nitrogens with zero attached hydrogens (tertiary/aromatic N) is 2. The molecule has 0 unspecified atom stereocenters. The summed E-state index contributed by atoms with van der Waals surface area (Å²) in [4.78, 5) is 69.9. The summed E-state index contributed by atoms with van der Waals surface area (Å²) in [6, 6.07) is 7.02. The van der Waals surface area contributed by atoms with Crippen LogP contribution in [0.1, 0.15) is 77.8 Å². The molecular formula is C33H45N7O7S. The van der Waals surface area contributed by atoms with Crippen LogP contribution in [0.5, 0.6) is 0 Å². The van der Waals surface area contributed by atoms with Crippen molar-refractivity contribution in [2.75, 3.05) is 26.2 Å². The smallest absolute Gasteiger partial charge is 0.326 e. The Labute approximate surface area is 279 Å². The molecule has 1 aliphatic rings. The lowest BCUT2D eigenvalue weighted by Crippen LogP contribution is -2.50. The number of carbonyl (C=O) groups excluding carboxylic acids is 4. The second-order valence-electron chi connectivity index (χ2n) is 12.4. The van der Waals surface area contributed by atoms with Gasteiger partial charge in [-0.05, 0) is 80.5 Å². The van der Waals surface area contributed by atoms with Crippen LogP contribution in [0.3, 0.4) is 0 Å². The van der Waals surface area contributed by atoms with Gasteiger partial charge in [0.05, 0.1) is 15.9 Å². The number of primary sulfonamides is 1. The van der Waals surface area contributed by atoms with Crippen molar-refractivity contribution in [1.82, 2.24) is 30.4 Å². The Kier molecular flexibility index (Phi) is 11.8. The molecule has 0 saturated heterocycles. The number of nitrogens with two attached hydrogens (primary N) is 1. The van der Waals surface area contributed by atoms with Gasteiger partial charge in [0.15, 0.2) is 0 Å². The fourth-order valence-electron chi connectivity index (χ4n) is 5.77. The van der Waals surface area contributed by atoms with Gasteiger partial charge in [0, 0.05) is 50.3 Å². The molecule has 0 saturated carbocycles. The highest BCUT2D eigenvalue weighted by molar-refractivity contribution is 7.89. The van der Waals surface area contributed by atoms with Crippen LogP contribution < -0.4 is 26.8 Å². The number of amides is 4. The van der Waals surface area contributed by atoms with Crippen LogP contribution in [0.25, 0.3) is 11.0 Å². The van der Waals surface area contributed by atoms with Crippen LogP contribution in [0.15, 0.2) is 40.0 Å². The van der Waals surface area contributed by atoms with Gasteiger partial charge >= 0.3 is 5.69 Å². The molecule has 4 amide bonds. The van der Waals surface area contributed by atoms with E-state index in [1.54, 1.807) is 38.1 Å². The summed E-state index contributed by atoms with van der Waals surface area (Å²) < 4.78 is 26.0. The first-order chi connectivity index (χ1) is 22.7. The van der Waals surface area contributed by atoms with E-state index >= 15 is 0 Å². The van der Waals surface area contributed by atoms with E-state index in [4.69, 9.17) is 5.14 Å². The molecule has 1 aromatic heterocycles. The van der Waals surface area contributed by atoms with E-state index in [1.165, 1.54) is 15.5 Å². The molecule has 1 aliphatic heterocycles. The summed E-state index contributed by atoms with van der Waals surface area (Å²) in [5.41, 5.74) is 2.32. The molecule has 3 aromatic rings. The largest absolute Gasteiger partial charge is 0.354 e. The van der Waals surface area contributed by atoms with Crippen LogP contribution in [0.4, 0.5) is 0 Å². The van der Waals surface area contributed by atoms with Crippen LogP contribution >= 0.6 is 0 Å². The quantitative estimate of drug-likeness (QED) is 0.275. The number of aromatic amines is 1. The van der Waals surface area contributed by atoms with E-state index in [0.29, 0.717) is 53.5 Å². The minimum absolute atomic E-state index is 0.0398. The molecule has 2 atom stereocenters. The lowest BCUT2D eigenvalue weighted by atomic mass is 9.98. The number of nitrogens with one attached hydrogen (secondary N) is 4. The number of sulfonamides is 1. The maximum atomic E-state index is 13.8. The highest BCUT2D eigenvalue weighted by Crippen LogP contribution is 2.22. The zero-order chi connectivity index (χ0) is 35.2. The third kappa shape index (κ3) is 8.69. The number of aromatic nitrogens is 2. The van der Waals surface area contributed by atoms with E-state index in [9.17, 15) is 32.4 Å². The maximum absolute atomic E-state index is 13.8. The second-order valence-corrected chi connectivity index (χ2v) is 13.9. The zero-order valence-corrected chi connectivity index (χ0v) is 28.7. The number of fused-ring (bicyclic) bond motifs is 1. The first-order valence-electron chi connectivity index (χ1n) is 16.2. The number of imidazole rings is 1. The minimum Gasteiger partial charge on any atom is -0.354 e. The Morgan fingerprint density at radius 2 is 1.67 bits per heavy atom. The standard InChI is InChI=1S/C33H45N7O7S/c1-5-20(2)29-31(43)36-13-8-16-40-26-18-23(10-11-25(26)37-33(40)45)30(42)35-12-7-15-39(14-6-9-28(41)38-29)32(44)24-17-21(3)22(4)27(19-24)48(34,46)47/h10-11,17-20,29H,5-9,12-16H2,1-4H3,(H,35,42)(H,36,43)(H,37,45)(H,38,41)(H2,34,46,47)/t20-,29-/m0/s1. The summed E-state index contributed by atoms with van der Waals surface area (Å²) in [7, 11) is -4.09. The van der Waals surface area contributed by atoms with Gasteiger partial charge in [-0.15, -0.1) is 0 Å². The molecular weight excluding hydrogens is 638 g/mol. The van der Waals surface area contributed by atoms with Gasteiger partial charge in [0.25, 0.3) is 11.8 Å². The molecule has 4 rings (SSSR count). The van der Waals surface area contributed by atoms with E-state index < -0.39 is 22.0 Å². The van der Waals surface area contributed by atoms with Gasteiger partial charge in [0.2, 0.25) is 21.8 Å². The lowest BCUT2D eigenvalue weighted by molar-refractivity contribution is -0.130. The van der Waals surface area contributed by atoms with Crippen molar-refractivity contribution in [3.8, 4) is 0 Å². The Hall–Kier alpha value is -4.50. The molecule has 0 fully saturated rings. The van der Waals surface area contributed by atoms with Crippen molar-refractivity contribution < 1.29 is 27.6 Å². The van der Waals surface area contributed by atoms with Gasteiger partial charge in [0.1, 0.15) is 6.04 Å². The summed E-state index contributed by atoms with van der Waals surface area (Å²) in [5, 5.41) is 14.0. The summed E-state index contributed by atoms with van der Waals surface area (Å²) in [6.45, 7) is 8.28. The number of benzene rings is 2. The normalized spacial score (nSPS) is 18.5.